The van der Waals surface area contributed by atoms with E-state index in [-0.39, 0.29) is 11.0 Å². The van der Waals surface area contributed by atoms with Gasteiger partial charge in [0.15, 0.2) is 6.23 Å². The first kappa shape index (κ1) is 12.7. The summed E-state index contributed by atoms with van der Waals surface area (Å²) in [6, 6.07) is 7.97. The smallest absolute Gasteiger partial charge is 0.181 e. The molecule has 18 heavy (non-hydrogen) atoms. The lowest BCUT2D eigenvalue weighted by Gasteiger charge is -2.36. The topological polar surface area (TPSA) is 41.6 Å². The second kappa shape index (κ2) is 4.63. The van der Waals surface area contributed by atoms with Crippen molar-refractivity contribution in [2.45, 2.75) is 30.2 Å². The maximum Gasteiger partial charge on any atom is 0.181 e. The number of anilines is 1. The second-order valence-electron chi connectivity index (χ2n) is 5.16. The van der Waals surface area contributed by atoms with E-state index in [1.165, 1.54) is 17.1 Å². The fourth-order valence-corrected chi connectivity index (χ4v) is 5.08. The lowest BCUT2D eigenvalue weighted by Crippen LogP contribution is -2.40. The van der Waals surface area contributed by atoms with E-state index in [2.05, 4.69) is 18.9 Å². The zero-order chi connectivity index (χ0) is 12.8. The highest BCUT2D eigenvalue weighted by Crippen LogP contribution is 2.51. The van der Waals surface area contributed by atoms with Gasteiger partial charge in [0.25, 0.3) is 0 Å². The summed E-state index contributed by atoms with van der Waals surface area (Å²) >= 11 is 4.03. The molecule has 0 radical (unpaired) electrons. The summed E-state index contributed by atoms with van der Waals surface area (Å²) in [5.74, 6) is 2.43. The molecule has 5 heteroatoms. The predicted molar refractivity (Wildman–Crippen MR) is 79.3 cm³/mol. The van der Waals surface area contributed by atoms with Crippen LogP contribution in [0.2, 0.25) is 0 Å². The van der Waals surface area contributed by atoms with E-state index in [4.69, 9.17) is 10.6 Å². The van der Waals surface area contributed by atoms with Crippen LogP contribution >= 0.6 is 23.5 Å². The summed E-state index contributed by atoms with van der Waals surface area (Å²) in [6.07, 6.45) is 0.112. The Balaban J connectivity index is 1.71. The van der Waals surface area contributed by atoms with Crippen LogP contribution in [0.5, 0.6) is 0 Å². The molecule has 98 valence electrons. The number of rotatable bonds is 2. The van der Waals surface area contributed by atoms with E-state index >= 15 is 0 Å². The van der Waals surface area contributed by atoms with E-state index in [9.17, 15) is 0 Å². The molecule has 2 fully saturated rings. The molecule has 1 aromatic rings. The molecule has 3 atom stereocenters. The van der Waals surface area contributed by atoms with Crippen LogP contribution in [0.3, 0.4) is 0 Å². The monoisotopic (exact) mass is 282 g/mol. The quantitative estimate of drug-likeness (QED) is 0.667. The van der Waals surface area contributed by atoms with Gasteiger partial charge in [-0.25, -0.2) is 0 Å². The molecule has 2 aliphatic rings. The number of nitrogens with zero attached hydrogens (tertiary/aromatic N) is 1. The van der Waals surface area contributed by atoms with Gasteiger partial charge in [0, 0.05) is 21.9 Å². The van der Waals surface area contributed by atoms with Gasteiger partial charge >= 0.3 is 0 Å². The molecule has 3 unspecified atom stereocenters. The second-order valence-corrected chi connectivity index (χ2v) is 8.10. The Hall–Kier alpha value is -0.360. The van der Waals surface area contributed by atoms with Crippen LogP contribution in [0.1, 0.15) is 25.6 Å². The van der Waals surface area contributed by atoms with E-state index < -0.39 is 0 Å². The van der Waals surface area contributed by atoms with Gasteiger partial charge in [-0.1, -0.05) is 12.1 Å². The van der Waals surface area contributed by atoms with Crippen LogP contribution in [0.4, 0.5) is 5.69 Å². The van der Waals surface area contributed by atoms with Crippen molar-refractivity contribution in [1.82, 2.24) is 5.06 Å². The summed E-state index contributed by atoms with van der Waals surface area (Å²) in [5, 5.41) is 2.56. The van der Waals surface area contributed by atoms with Crippen LogP contribution in [0.15, 0.2) is 24.3 Å². The molecule has 0 bridgehead atoms. The summed E-state index contributed by atoms with van der Waals surface area (Å²) in [4.78, 5) is 5.78. The van der Waals surface area contributed by atoms with Gasteiger partial charge in [-0.3, -0.25) is 4.84 Å². The highest BCUT2D eigenvalue weighted by Gasteiger charge is 2.50. The van der Waals surface area contributed by atoms with Gasteiger partial charge in [-0.15, -0.1) is 16.8 Å². The third-order valence-corrected chi connectivity index (χ3v) is 6.62. The molecule has 2 heterocycles. The number of hydrogen-bond acceptors (Lipinski definition) is 5. The molecule has 2 saturated heterocycles. The lowest BCUT2D eigenvalue weighted by molar-refractivity contribution is 0.172. The Morgan fingerprint density at radius 1 is 1.28 bits per heavy atom. The summed E-state index contributed by atoms with van der Waals surface area (Å²) in [6.45, 7) is 4.60. The van der Waals surface area contributed by atoms with Crippen molar-refractivity contribution in [2.24, 2.45) is 0 Å². The van der Waals surface area contributed by atoms with Crippen molar-refractivity contribution < 1.29 is 4.84 Å². The molecule has 0 saturated carbocycles. The standard InChI is InChI=1S/C13H18N2OS2/c1-13(2)12(17-7-8-18-13)15-11(16-15)9-3-5-10(14)6-4-9/h3-6,11-12H,7-8,14H2,1-2H3. The summed E-state index contributed by atoms with van der Waals surface area (Å²) in [5.41, 5.74) is 7.70. The molecule has 0 aromatic heterocycles. The van der Waals surface area contributed by atoms with E-state index in [0.717, 1.165) is 5.69 Å². The van der Waals surface area contributed by atoms with Crippen molar-refractivity contribution in [3.8, 4) is 0 Å². The van der Waals surface area contributed by atoms with Crippen molar-refractivity contribution >= 4 is 29.2 Å². The minimum absolute atomic E-state index is 0.112. The predicted octanol–water partition coefficient (Wildman–Crippen LogP) is 3.10. The molecule has 3 rings (SSSR count). The third-order valence-electron chi connectivity index (χ3n) is 3.29. The first-order chi connectivity index (χ1) is 8.58. The highest BCUT2D eigenvalue weighted by atomic mass is 32.2. The van der Waals surface area contributed by atoms with Crippen molar-refractivity contribution in [3.05, 3.63) is 29.8 Å². The first-order valence-corrected chi connectivity index (χ1v) is 8.17. The molecule has 1 aromatic carbocycles. The summed E-state index contributed by atoms with van der Waals surface area (Å²) in [7, 11) is 0. The number of thioether (sulfide) groups is 2. The molecule has 2 N–H and O–H groups in total. The largest absolute Gasteiger partial charge is 0.399 e. The Labute approximate surface area is 116 Å². The summed E-state index contributed by atoms with van der Waals surface area (Å²) < 4.78 is 0.242. The molecular weight excluding hydrogens is 264 g/mol. The van der Waals surface area contributed by atoms with Crippen molar-refractivity contribution in [3.63, 3.8) is 0 Å². The maximum atomic E-state index is 5.78. The van der Waals surface area contributed by atoms with E-state index in [1.807, 2.05) is 47.8 Å². The molecule has 0 amide bonds. The van der Waals surface area contributed by atoms with Crippen LogP contribution in [0, 0.1) is 0 Å². The fourth-order valence-electron chi connectivity index (χ4n) is 2.25. The molecule has 0 spiro atoms. The molecule has 2 aliphatic heterocycles. The van der Waals surface area contributed by atoms with Gasteiger partial charge in [0.05, 0.1) is 5.37 Å². The van der Waals surface area contributed by atoms with Gasteiger partial charge in [-0.05, 0) is 31.5 Å². The third kappa shape index (κ3) is 2.37. The van der Waals surface area contributed by atoms with Crippen LogP contribution in [-0.4, -0.2) is 26.7 Å². The van der Waals surface area contributed by atoms with Gasteiger partial charge in [-0.2, -0.15) is 11.8 Å². The molecular formula is C13H18N2OS2. The van der Waals surface area contributed by atoms with Crippen molar-refractivity contribution in [2.75, 3.05) is 17.2 Å². The molecule has 3 nitrogen and oxygen atoms in total. The number of nitrogen functional groups attached to an aromatic ring is 1. The van der Waals surface area contributed by atoms with Crippen LogP contribution < -0.4 is 5.73 Å². The van der Waals surface area contributed by atoms with E-state index in [0.29, 0.717) is 5.37 Å². The van der Waals surface area contributed by atoms with Crippen LogP contribution in [-0.2, 0) is 4.84 Å². The average Bonchev–Trinajstić information content (AvgIpc) is 3.09. The van der Waals surface area contributed by atoms with E-state index in [1.54, 1.807) is 0 Å². The maximum absolute atomic E-state index is 5.78. The fraction of sp³-hybridized carbons (Fsp3) is 0.538. The Morgan fingerprint density at radius 2 is 2.00 bits per heavy atom. The minimum atomic E-state index is 0.112. The minimum Gasteiger partial charge on any atom is -0.399 e. The SMILES string of the molecule is CC1(C)SCCSC1N1OC1c1ccc(N)cc1. The number of benzene rings is 1. The number of hydroxylamine groups is 2. The average molecular weight is 282 g/mol. The normalized spacial score (nSPS) is 34.2. The van der Waals surface area contributed by atoms with Gasteiger partial charge < -0.3 is 5.73 Å². The van der Waals surface area contributed by atoms with Gasteiger partial charge in [0.2, 0.25) is 0 Å². The van der Waals surface area contributed by atoms with Crippen molar-refractivity contribution in [1.29, 1.82) is 0 Å². The molecule has 0 aliphatic carbocycles. The number of nitrogens with two attached hydrogens (primary N) is 1. The zero-order valence-electron chi connectivity index (χ0n) is 10.6. The Bertz CT molecular complexity index is 435. The number of hydrogen-bond donors (Lipinski definition) is 1. The Morgan fingerprint density at radius 3 is 2.67 bits per heavy atom. The lowest BCUT2D eigenvalue weighted by atomic mass is 10.1. The van der Waals surface area contributed by atoms with Crippen LogP contribution in [0.25, 0.3) is 0 Å². The first-order valence-electron chi connectivity index (χ1n) is 6.14. The van der Waals surface area contributed by atoms with Gasteiger partial charge in [0.1, 0.15) is 0 Å². The Kier molecular flexibility index (Phi) is 3.26. The highest BCUT2D eigenvalue weighted by molar-refractivity contribution is 8.07. The zero-order valence-corrected chi connectivity index (χ0v) is 12.3.